The Morgan fingerprint density at radius 3 is 2.86 bits per heavy atom. The first-order chi connectivity index (χ1) is 6.74. The van der Waals surface area contributed by atoms with Crippen LogP contribution in [-0.4, -0.2) is 10.8 Å². The number of hydrogen-bond acceptors (Lipinski definition) is 2. The first-order valence-corrected chi connectivity index (χ1v) is 5.16. The summed E-state index contributed by atoms with van der Waals surface area (Å²) in [7, 11) is 0. The fourth-order valence-corrected chi connectivity index (χ4v) is 1.27. The number of aryl methyl sites for hydroxylation is 1. The van der Waals surface area contributed by atoms with Crippen LogP contribution in [0, 0.1) is 5.92 Å². The second kappa shape index (κ2) is 5.53. The van der Waals surface area contributed by atoms with Gasteiger partial charge in [-0.15, -0.1) is 0 Å². The normalized spacial score (nSPS) is 12.4. The van der Waals surface area contributed by atoms with Crippen molar-refractivity contribution < 1.29 is 4.79 Å². The van der Waals surface area contributed by atoms with Gasteiger partial charge in [0.15, 0.2) is 0 Å². The predicted molar refractivity (Wildman–Crippen MR) is 57.0 cm³/mol. The van der Waals surface area contributed by atoms with Crippen LogP contribution in [0.4, 0.5) is 0 Å². The summed E-state index contributed by atoms with van der Waals surface area (Å²) in [6.07, 6.45) is 4.08. The molecule has 0 fully saturated rings. The number of aromatic nitrogens is 1. The molecule has 0 saturated heterocycles. The smallest absolute Gasteiger partial charge is 0.136 e. The van der Waals surface area contributed by atoms with E-state index in [-0.39, 0.29) is 5.92 Å². The lowest BCUT2D eigenvalue weighted by Crippen LogP contribution is -2.10. The van der Waals surface area contributed by atoms with Crippen molar-refractivity contribution in [2.75, 3.05) is 0 Å². The second-order valence-corrected chi connectivity index (χ2v) is 3.60. The monoisotopic (exact) mass is 191 g/mol. The Labute approximate surface area is 85.4 Å². The van der Waals surface area contributed by atoms with Crippen LogP contribution >= 0.6 is 0 Å². The Morgan fingerprint density at radius 2 is 2.29 bits per heavy atom. The number of carbonyl (C=O) groups is 1. The summed E-state index contributed by atoms with van der Waals surface area (Å²) in [6.45, 7) is 4.03. The molecule has 0 saturated carbocycles. The van der Waals surface area contributed by atoms with Crippen molar-refractivity contribution in [3.05, 3.63) is 30.1 Å². The van der Waals surface area contributed by atoms with Crippen LogP contribution in [0.1, 0.15) is 32.4 Å². The zero-order valence-electron chi connectivity index (χ0n) is 8.86. The molecule has 2 heteroatoms. The maximum atomic E-state index is 11.5. The number of hydrogen-bond donors (Lipinski definition) is 0. The molecular formula is C12H17NO. The SMILES string of the molecule is CCC(C)C(=O)CCc1ccccn1. The van der Waals surface area contributed by atoms with Gasteiger partial charge in [-0.05, 0) is 25.0 Å². The molecule has 0 N–H and O–H groups in total. The summed E-state index contributed by atoms with van der Waals surface area (Å²) in [5, 5.41) is 0. The van der Waals surface area contributed by atoms with Gasteiger partial charge in [0.1, 0.15) is 5.78 Å². The third kappa shape index (κ3) is 3.29. The lowest BCUT2D eigenvalue weighted by atomic mass is 9.99. The first kappa shape index (κ1) is 10.9. The van der Waals surface area contributed by atoms with Gasteiger partial charge >= 0.3 is 0 Å². The molecule has 2 nitrogen and oxygen atoms in total. The van der Waals surface area contributed by atoms with Gasteiger partial charge in [0.25, 0.3) is 0 Å². The topological polar surface area (TPSA) is 30.0 Å². The van der Waals surface area contributed by atoms with E-state index in [9.17, 15) is 4.79 Å². The molecule has 1 atom stereocenters. The number of ketones is 1. The highest BCUT2D eigenvalue weighted by atomic mass is 16.1. The zero-order valence-corrected chi connectivity index (χ0v) is 8.86. The Morgan fingerprint density at radius 1 is 1.50 bits per heavy atom. The first-order valence-electron chi connectivity index (χ1n) is 5.16. The van der Waals surface area contributed by atoms with E-state index in [0.717, 1.165) is 18.5 Å². The molecule has 1 rings (SSSR count). The lowest BCUT2D eigenvalue weighted by molar-refractivity contribution is -0.122. The molecule has 0 aliphatic rings. The fourth-order valence-electron chi connectivity index (χ4n) is 1.27. The highest BCUT2D eigenvalue weighted by molar-refractivity contribution is 5.80. The molecule has 14 heavy (non-hydrogen) atoms. The summed E-state index contributed by atoms with van der Waals surface area (Å²) in [4.78, 5) is 15.7. The van der Waals surface area contributed by atoms with E-state index in [0.29, 0.717) is 12.2 Å². The van der Waals surface area contributed by atoms with Gasteiger partial charge in [0.2, 0.25) is 0 Å². The van der Waals surface area contributed by atoms with Crippen LogP contribution in [0.25, 0.3) is 0 Å². The van der Waals surface area contributed by atoms with Crippen LogP contribution in [0.2, 0.25) is 0 Å². The molecule has 1 unspecified atom stereocenters. The third-order valence-corrected chi connectivity index (χ3v) is 2.52. The molecule has 0 radical (unpaired) electrons. The number of Topliss-reactive ketones (excluding diaryl/α,β-unsaturated/α-hetero) is 1. The second-order valence-electron chi connectivity index (χ2n) is 3.60. The van der Waals surface area contributed by atoms with E-state index < -0.39 is 0 Å². The van der Waals surface area contributed by atoms with E-state index in [2.05, 4.69) is 4.98 Å². The molecule has 0 amide bonds. The molecule has 0 aliphatic carbocycles. The van der Waals surface area contributed by atoms with Crippen molar-refractivity contribution in [2.45, 2.75) is 33.1 Å². The molecule has 0 bridgehead atoms. The maximum absolute atomic E-state index is 11.5. The minimum Gasteiger partial charge on any atom is -0.299 e. The Hall–Kier alpha value is -1.18. The van der Waals surface area contributed by atoms with E-state index >= 15 is 0 Å². The number of nitrogens with zero attached hydrogens (tertiary/aromatic N) is 1. The number of rotatable bonds is 5. The molecule has 0 aromatic carbocycles. The Balaban J connectivity index is 2.38. The van der Waals surface area contributed by atoms with E-state index in [1.807, 2.05) is 32.0 Å². The van der Waals surface area contributed by atoms with Gasteiger partial charge in [0, 0.05) is 24.2 Å². The van der Waals surface area contributed by atoms with Crippen LogP contribution < -0.4 is 0 Å². The quantitative estimate of drug-likeness (QED) is 0.716. The van der Waals surface area contributed by atoms with Crippen molar-refractivity contribution >= 4 is 5.78 Å². The summed E-state index contributed by atoms with van der Waals surface area (Å²) < 4.78 is 0. The summed E-state index contributed by atoms with van der Waals surface area (Å²) in [6, 6.07) is 5.81. The molecule has 1 aromatic heterocycles. The summed E-state index contributed by atoms with van der Waals surface area (Å²) >= 11 is 0. The van der Waals surface area contributed by atoms with Gasteiger partial charge in [-0.25, -0.2) is 0 Å². The van der Waals surface area contributed by atoms with Gasteiger partial charge in [-0.2, -0.15) is 0 Å². The summed E-state index contributed by atoms with van der Waals surface area (Å²) in [5.41, 5.74) is 1.00. The van der Waals surface area contributed by atoms with Gasteiger partial charge < -0.3 is 0 Å². The molecular weight excluding hydrogens is 174 g/mol. The van der Waals surface area contributed by atoms with E-state index in [4.69, 9.17) is 0 Å². The Kier molecular flexibility index (Phi) is 4.30. The average Bonchev–Trinajstić information content (AvgIpc) is 2.26. The van der Waals surface area contributed by atoms with E-state index in [1.165, 1.54) is 0 Å². The third-order valence-electron chi connectivity index (χ3n) is 2.52. The molecule has 1 aromatic rings. The van der Waals surface area contributed by atoms with Crippen molar-refractivity contribution in [3.63, 3.8) is 0 Å². The van der Waals surface area contributed by atoms with Crippen molar-refractivity contribution in [1.82, 2.24) is 4.98 Å². The standard InChI is InChI=1S/C12H17NO/c1-3-10(2)12(14)8-7-11-6-4-5-9-13-11/h4-6,9-10H,3,7-8H2,1-2H3. The largest absolute Gasteiger partial charge is 0.299 e. The summed E-state index contributed by atoms with van der Waals surface area (Å²) in [5.74, 6) is 0.539. The van der Waals surface area contributed by atoms with Crippen LogP contribution in [0.5, 0.6) is 0 Å². The minimum atomic E-state index is 0.193. The predicted octanol–water partition coefficient (Wildman–Crippen LogP) is 2.63. The highest BCUT2D eigenvalue weighted by Gasteiger charge is 2.10. The van der Waals surface area contributed by atoms with Gasteiger partial charge in [0.05, 0.1) is 0 Å². The lowest BCUT2D eigenvalue weighted by Gasteiger charge is -2.06. The fraction of sp³-hybridized carbons (Fsp3) is 0.500. The van der Waals surface area contributed by atoms with Crippen molar-refractivity contribution in [3.8, 4) is 0 Å². The zero-order chi connectivity index (χ0) is 10.4. The van der Waals surface area contributed by atoms with Crippen LogP contribution in [0.3, 0.4) is 0 Å². The van der Waals surface area contributed by atoms with Crippen molar-refractivity contribution in [2.24, 2.45) is 5.92 Å². The molecule has 0 aliphatic heterocycles. The van der Waals surface area contributed by atoms with Gasteiger partial charge in [-0.3, -0.25) is 9.78 Å². The molecule has 0 spiro atoms. The number of pyridine rings is 1. The number of carbonyl (C=O) groups excluding carboxylic acids is 1. The van der Waals surface area contributed by atoms with Crippen LogP contribution in [-0.2, 0) is 11.2 Å². The highest BCUT2D eigenvalue weighted by Crippen LogP contribution is 2.08. The molecule has 1 heterocycles. The van der Waals surface area contributed by atoms with E-state index in [1.54, 1.807) is 6.20 Å². The average molecular weight is 191 g/mol. The van der Waals surface area contributed by atoms with Crippen LogP contribution in [0.15, 0.2) is 24.4 Å². The van der Waals surface area contributed by atoms with Gasteiger partial charge in [-0.1, -0.05) is 19.9 Å². The minimum absolute atomic E-state index is 0.193. The Bertz CT molecular complexity index is 282. The maximum Gasteiger partial charge on any atom is 0.136 e. The van der Waals surface area contributed by atoms with Crippen molar-refractivity contribution in [1.29, 1.82) is 0 Å². The molecule has 76 valence electrons.